The number of nitrogens with zero attached hydrogens (tertiary/aromatic N) is 2. The van der Waals surface area contributed by atoms with Crippen molar-refractivity contribution in [2.75, 3.05) is 32.8 Å². The van der Waals surface area contributed by atoms with Crippen LogP contribution in [0.5, 0.6) is 0 Å². The van der Waals surface area contributed by atoms with Crippen LogP contribution < -0.4 is 4.73 Å². The third-order valence-corrected chi connectivity index (χ3v) is 5.21. The van der Waals surface area contributed by atoms with E-state index in [0.29, 0.717) is 0 Å². The third kappa shape index (κ3) is 2.88. The van der Waals surface area contributed by atoms with E-state index < -0.39 is 0 Å². The van der Waals surface area contributed by atoms with E-state index in [1.807, 2.05) is 30.3 Å². The lowest BCUT2D eigenvalue weighted by Crippen LogP contribution is -2.40. The highest BCUT2D eigenvalue weighted by Gasteiger charge is 2.19. The monoisotopic (exact) mass is 386 g/mol. The van der Waals surface area contributed by atoms with E-state index in [2.05, 4.69) is 33.0 Å². The summed E-state index contributed by atoms with van der Waals surface area (Å²) in [6, 6.07) is 14.0. The van der Waals surface area contributed by atoms with Gasteiger partial charge in [0, 0.05) is 42.0 Å². The Morgan fingerprint density at radius 3 is 2.58 bits per heavy atom. The van der Waals surface area contributed by atoms with Crippen molar-refractivity contribution in [1.29, 1.82) is 0 Å². The molecule has 1 fully saturated rings. The van der Waals surface area contributed by atoms with Gasteiger partial charge in [-0.25, -0.2) is 0 Å². The number of halogens is 1. The van der Waals surface area contributed by atoms with Crippen LogP contribution >= 0.6 is 15.9 Å². The number of aromatic nitrogens is 1. The highest BCUT2D eigenvalue weighted by molar-refractivity contribution is 9.10. The molecular weight excluding hydrogens is 368 g/mol. The summed E-state index contributed by atoms with van der Waals surface area (Å²) in [6.07, 6.45) is 0.746. The zero-order valence-corrected chi connectivity index (χ0v) is 15.0. The van der Waals surface area contributed by atoms with Crippen molar-refractivity contribution >= 4 is 37.6 Å². The minimum atomic E-state index is 0.730. The van der Waals surface area contributed by atoms with Crippen LogP contribution in [0.15, 0.2) is 46.9 Å². The molecule has 0 atom stereocenters. The van der Waals surface area contributed by atoms with Crippen LogP contribution in [0, 0.1) is 5.21 Å². The van der Waals surface area contributed by atoms with E-state index >= 15 is 0 Å². The van der Waals surface area contributed by atoms with Crippen molar-refractivity contribution < 1.29 is 9.47 Å². The smallest absolute Gasteiger partial charge is 0.224 e. The fourth-order valence-corrected chi connectivity index (χ4v) is 3.81. The quantitative estimate of drug-likeness (QED) is 0.394. The van der Waals surface area contributed by atoms with Gasteiger partial charge in [0.25, 0.3) is 0 Å². The Kier molecular flexibility index (Phi) is 4.39. The fourth-order valence-electron chi connectivity index (χ4n) is 3.45. The molecule has 24 heavy (non-hydrogen) atoms. The molecule has 0 saturated carbocycles. The number of pyridine rings is 1. The second kappa shape index (κ2) is 6.67. The van der Waals surface area contributed by atoms with E-state index in [1.54, 1.807) is 0 Å². The van der Waals surface area contributed by atoms with Crippen LogP contribution in [-0.2, 0) is 11.2 Å². The van der Waals surface area contributed by atoms with Gasteiger partial charge >= 0.3 is 0 Å². The standard InChI is InChI=1S/C19H19BrN2O2/c20-14-5-6-18-17(13-14)15-3-1-2-4-16(15)19(22(18)23)7-8-21-9-11-24-12-10-21/h1-6,13H,7-12H2. The number of benzene rings is 2. The molecule has 0 aliphatic carbocycles. The van der Waals surface area contributed by atoms with Crippen LogP contribution in [0.25, 0.3) is 21.7 Å². The lowest BCUT2D eigenvalue weighted by molar-refractivity contribution is -0.584. The number of ether oxygens (including phenoxy) is 1. The largest absolute Gasteiger partial charge is 0.618 e. The maximum absolute atomic E-state index is 13.0. The van der Waals surface area contributed by atoms with Gasteiger partial charge in [-0.05, 0) is 18.2 Å². The molecule has 1 saturated heterocycles. The first-order valence-electron chi connectivity index (χ1n) is 8.26. The molecule has 1 aliphatic rings. The van der Waals surface area contributed by atoms with Gasteiger partial charge in [-0.15, -0.1) is 0 Å². The minimum Gasteiger partial charge on any atom is -0.618 e. The molecule has 1 aliphatic heterocycles. The summed E-state index contributed by atoms with van der Waals surface area (Å²) in [5.41, 5.74) is 1.58. The molecule has 0 spiro atoms. The van der Waals surface area contributed by atoms with Crippen molar-refractivity contribution in [1.82, 2.24) is 4.90 Å². The molecule has 0 bridgehead atoms. The van der Waals surface area contributed by atoms with Gasteiger partial charge in [-0.1, -0.05) is 34.1 Å². The molecule has 5 heteroatoms. The molecule has 0 radical (unpaired) electrons. The van der Waals surface area contributed by atoms with E-state index in [1.165, 1.54) is 0 Å². The maximum atomic E-state index is 13.0. The number of morpholine rings is 1. The average Bonchev–Trinajstić information content (AvgIpc) is 2.62. The molecule has 0 amide bonds. The first kappa shape index (κ1) is 15.8. The SMILES string of the molecule is [O-][n+]1c(CCN2CCOCC2)c2ccccc2c2cc(Br)ccc21. The molecule has 124 valence electrons. The molecule has 2 aromatic carbocycles. The highest BCUT2D eigenvalue weighted by atomic mass is 79.9. The summed E-state index contributed by atoms with van der Waals surface area (Å²) in [6.45, 7) is 4.33. The molecule has 2 heterocycles. The Bertz CT molecular complexity index is 891. The second-order valence-corrected chi connectivity index (χ2v) is 7.07. The van der Waals surface area contributed by atoms with Crippen molar-refractivity contribution in [2.24, 2.45) is 0 Å². The van der Waals surface area contributed by atoms with Crippen LogP contribution in [0.1, 0.15) is 5.69 Å². The van der Waals surface area contributed by atoms with Crippen LogP contribution in [0.3, 0.4) is 0 Å². The summed E-state index contributed by atoms with van der Waals surface area (Å²) < 4.78 is 7.50. The predicted octanol–water partition coefficient (Wildman–Crippen LogP) is 3.26. The van der Waals surface area contributed by atoms with Gasteiger partial charge in [0.05, 0.1) is 24.0 Å². The van der Waals surface area contributed by atoms with Gasteiger partial charge in [0.1, 0.15) is 0 Å². The minimum absolute atomic E-state index is 0.730. The number of rotatable bonds is 3. The molecule has 1 aromatic heterocycles. The van der Waals surface area contributed by atoms with E-state index in [4.69, 9.17) is 4.74 Å². The van der Waals surface area contributed by atoms with Crippen molar-refractivity contribution in [3.8, 4) is 0 Å². The summed E-state index contributed by atoms with van der Waals surface area (Å²) >= 11 is 3.51. The van der Waals surface area contributed by atoms with Crippen LogP contribution in [-0.4, -0.2) is 37.7 Å². The van der Waals surface area contributed by atoms with Crippen molar-refractivity contribution in [2.45, 2.75) is 6.42 Å². The van der Waals surface area contributed by atoms with E-state index in [-0.39, 0.29) is 0 Å². The third-order valence-electron chi connectivity index (χ3n) is 4.72. The summed E-state index contributed by atoms with van der Waals surface area (Å²) in [5.74, 6) is 0. The highest BCUT2D eigenvalue weighted by Crippen LogP contribution is 2.28. The summed E-state index contributed by atoms with van der Waals surface area (Å²) in [5, 5.41) is 16.2. The number of hydrogen-bond acceptors (Lipinski definition) is 3. The fraction of sp³-hybridized carbons (Fsp3) is 0.316. The molecule has 0 N–H and O–H groups in total. The molecule has 3 aromatic rings. The van der Waals surface area contributed by atoms with Crippen LogP contribution in [0.2, 0.25) is 0 Å². The second-order valence-electron chi connectivity index (χ2n) is 6.15. The normalized spacial score (nSPS) is 16.0. The van der Waals surface area contributed by atoms with E-state index in [9.17, 15) is 5.21 Å². The van der Waals surface area contributed by atoms with Gasteiger partial charge in [-0.2, -0.15) is 4.73 Å². The van der Waals surface area contributed by atoms with E-state index in [0.717, 1.165) is 75.8 Å². The lowest BCUT2D eigenvalue weighted by Gasteiger charge is -2.26. The molecule has 0 unspecified atom stereocenters. The number of fused-ring (bicyclic) bond motifs is 3. The first-order valence-corrected chi connectivity index (χ1v) is 9.06. The zero-order chi connectivity index (χ0) is 16.5. The lowest BCUT2D eigenvalue weighted by atomic mass is 10.0. The van der Waals surface area contributed by atoms with Crippen molar-refractivity contribution in [3.05, 3.63) is 57.8 Å². The van der Waals surface area contributed by atoms with Gasteiger partial charge in [-0.3, -0.25) is 4.90 Å². The first-order chi connectivity index (χ1) is 11.7. The van der Waals surface area contributed by atoms with Crippen molar-refractivity contribution in [3.63, 3.8) is 0 Å². The summed E-state index contributed by atoms with van der Waals surface area (Å²) in [7, 11) is 0. The maximum Gasteiger partial charge on any atom is 0.224 e. The molecular formula is C19H19BrN2O2. The Morgan fingerprint density at radius 1 is 1.04 bits per heavy atom. The van der Waals surface area contributed by atoms with Gasteiger partial charge in [0.15, 0.2) is 0 Å². The molecule has 4 nitrogen and oxygen atoms in total. The Hall–Kier alpha value is -1.69. The number of hydrogen-bond donors (Lipinski definition) is 0. The van der Waals surface area contributed by atoms with Gasteiger partial charge in [0.2, 0.25) is 11.2 Å². The predicted molar refractivity (Wildman–Crippen MR) is 99.1 cm³/mol. The Morgan fingerprint density at radius 2 is 1.79 bits per heavy atom. The Balaban J connectivity index is 1.80. The van der Waals surface area contributed by atoms with Crippen LogP contribution in [0.4, 0.5) is 0 Å². The Labute approximate surface area is 149 Å². The topological polar surface area (TPSA) is 39.4 Å². The average molecular weight is 387 g/mol. The zero-order valence-electron chi connectivity index (χ0n) is 13.4. The molecule has 4 rings (SSSR count). The van der Waals surface area contributed by atoms with Gasteiger partial charge < -0.3 is 9.94 Å². The summed E-state index contributed by atoms with van der Waals surface area (Å²) in [4.78, 5) is 2.37.